The summed E-state index contributed by atoms with van der Waals surface area (Å²) in [7, 11) is -1.55. The predicted molar refractivity (Wildman–Crippen MR) is 191 cm³/mol. The van der Waals surface area contributed by atoms with Crippen molar-refractivity contribution in [3.63, 3.8) is 0 Å². The number of alkyl halides is 1. The number of allylic oxidation sites excluding steroid dienone is 2. The first-order valence-corrected chi connectivity index (χ1v) is 16.4. The van der Waals surface area contributed by atoms with Crippen LogP contribution in [0.5, 0.6) is 0 Å². The normalized spacial score (nSPS) is 9.15. The van der Waals surface area contributed by atoms with Gasteiger partial charge in [-0.25, -0.2) is 0 Å². The lowest BCUT2D eigenvalue weighted by Gasteiger charge is -2.27. The third-order valence-corrected chi connectivity index (χ3v) is 10.6. The first kappa shape index (κ1) is 48.2. The van der Waals surface area contributed by atoms with Crippen molar-refractivity contribution in [1.82, 2.24) is 0 Å². The van der Waals surface area contributed by atoms with Crippen LogP contribution in [0.2, 0.25) is 0 Å². The molecular weight excluding hydrogens is 639 g/mol. The van der Waals surface area contributed by atoms with Gasteiger partial charge in [-0.05, 0) is 62.1 Å². The van der Waals surface area contributed by atoms with E-state index in [2.05, 4.69) is 147 Å². The summed E-state index contributed by atoms with van der Waals surface area (Å²) in [5, 5.41) is 5.57. The van der Waals surface area contributed by atoms with Crippen molar-refractivity contribution in [1.29, 1.82) is 0 Å². The Labute approximate surface area is 269 Å². The molecule has 0 saturated carbocycles. The molecule has 1 nitrogen and oxygen atoms in total. The summed E-state index contributed by atoms with van der Waals surface area (Å²) in [5.74, 6) is 0. The van der Waals surface area contributed by atoms with Gasteiger partial charge in [-0.15, -0.1) is 0 Å². The first-order valence-electron chi connectivity index (χ1n) is 13.3. The Hall–Kier alpha value is -1.54. The molecule has 0 fully saturated rings. The van der Waals surface area contributed by atoms with Gasteiger partial charge in [0.25, 0.3) is 0 Å². The molecule has 0 spiro atoms. The van der Waals surface area contributed by atoms with E-state index in [1.807, 2.05) is 6.92 Å². The maximum Gasteiger partial charge on any atom is 0.119 e. The van der Waals surface area contributed by atoms with Crippen molar-refractivity contribution in [3.05, 3.63) is 103 Å². The second-order valence-electron chi connectivity index (χ2n) is 8.09. The molecule has 0 atom stereocenters. The first-order chi connectivity index (χ1) is 17.6. The number of halogens is 2. The minimum Gasteiger partial charge on any atom is -1.00 e. The highest BCUT2D eigenvalue weighted by molar-refractivity contribution is 9.09. The van der Waals surface area contributed by atoms with Crippen LogP contribution in [0.1, 0.15) is 89.0 Å². The quantitative estimate of drug-likeness (QED) is 0.0958. The number of hydrogen-bond donors (Lipinski definition) is 0. The van der Waals surface area contributed by atoms with Crippen LogP contribution in [0.15, 0.2) is 103 Å². The molecule has 0 radical (unpaired) electrons. The van der Waals surface area contributed by atoms with Crippen molar-refractivity contribution in [2.45, 2.75) is 89.0 Å². The summed E-state index contributed by atoms with van der Waals surface area (Å²) in [4.78, 5) is 9.17. The van der Waals surface area contributed by atoms with E-state index in [1.165, 1.54) is 47.8 Å². The van der Waals surface area contributed by atoms with Gasteiger partial charge >= 0.3 is 0 Å². The molecule has 0 N–H and O–H groups in total. The average Bonchev–Trinajstić information content (AvgIpc) is 2.96. The number of rotatable bonds is 9. The highest BCUT2D eigenvalue weighted by atomic mass is 79.9. The lowest BCUT2D eigenvalue weighted by Crippen LogP contribution is -3.00. The van der Waals surface area contributed by atoms with E-state index in [-0.39, 0.29) is 39.3 Å². The molecule has 3 rings (SSSR count). The minimum absolute atomic E-state index is 0. The Kier molecular flexibility index (Phi) is 40.6. The molecule has 3 aromatic carbocycles. The van der Waals surface area contributed by atoms with E-state index in [0.29, 0.717) is 6.42 Å². The van der Waals surface area contributed by atoms with Crippen molar-refractivity contribution in [2.75, 3.05) is 11.5 Å². The van der Waals surface area contributed by atoms with Crippen LogP contribution in [0, 0.1) is 0 Å². The fraction of sp³-hybridized carbons (Fsp3) is 0.417. The van der Waals surface area contributed by atoms with Gasteiger partial charge in [0.05, 0.1) is 6.16 Å². The summed E-state index contributed by atoms with van der Waals surface area (Å²) in [6.45, 7) is 10.5. The van der Waals surface area contributed by atoms with Gasteiger partial charge in [0.2, 0.25) is 0 Å². The number of aldehydes is 1. The van der Waals surface area contributed by atoms with Gasteiger partial charge in [-0.1, -0.05) is 140 Å². The molecule has 0 aliphatic carbocycles. The molecule has 40 heavy (non-hydrogen) atoms. The van der Waals surface area contributed by atoms with Gasteiger partial charge < -0.3 is 21.8 Å². The standard InChI is InChI=1S/C21H22P.C6H12.C3H7Br.C3H6O.3CH4.BrH/c1-2-18-22(19-12-6-3-7-13-19,20-14-8-4-9-15-20)21-16-10-5-11-17-21;1-3-5-6-4-2;2*1-2-3-4;;;;/h3-17H,2,18H2,1H3;5-6H,3-4H2,1-2H3;2-3H2,1H3;3H,2H2,1H3;3*1H4;1H/q+1;;;;;;;/p-1/b;6-5-;;;;;;. The van der Waals surface area contributed by atoms with Crippen LogP contribution in [-0.2, 0) is 4.79 Å². The van der Waals surface area contributed by atoms with Crippen LogP contribution < -0.4 is 32.9 Å². The average molecular weight is 699 g/mol. The summed E-state index contributed by atoms with van der Waals surface area (Å²) >= 11 is 3.25. The maximum atomic E-state index is 9.17. The van der Waals surface area contributed by atoms with Crippen LogP contribution in [0.4, 0.5) is 0 Å². The third kappa shape index (κ3) is 18.7. The summed E-state index contributed by atoms with van der Waals surface area (Å²) < 4.78 is 0. The fourth-order valence-electron chi connectivity index (χ4n) is 3.55. The Morgan fingerprint density at radius 1 is 0.575 bits per heavy atom. The molecule has 0 aliphatic rings. The predicted octanol–water partition coefficient (Wildman–Crippen LogP) is 8.05. The summed E-state index contributed by atoms with van der Waals surface area (Å²) in [6.07, 6.45) is 11.9. The van der Waals surface area contributed by atoms with Crippen LogP contribution in [0.3, 0.4) is 0 Å². The maximum absolute atomic E-state index is 9.17. The van der Waals surface area contributed by atoms with Crippen LogP contribution >= 0.6 is 23.2 Å². The Balaban J connectivity index is -0.000000192. The van der Waals surface area contributed by atoms with Crippen molar-refractivity contribution in [3.8, 4) is 0 Å². The molecule has 228 valence electrons. The van der Waals surface area contributed by atoms with Gasteiger partial charge in [0.15, 0.2) is 0 Å². The number of benzene rings is 3. The summed E-state index contributed by atoms with van der Waals surface area (Å²) in [5.41, 5.74) is 0. The fourth-order valence-corrected chi connectivity index (χ4v) is 7.93. The van der Waals surface area contributed by atoms with E-state index >= 15 is 0 Å². The van der Waals surface area contributed by atoms with E-state index in [9.17, 15) is 4.79 Å². The molecule has 0 saturated heterocycles. The monoisotopic (exact) mass is 696 g/mol. The molecule has 0 amide bonds. The van der Waals surface area contributed by atoms with Crippen LogP contribution in [-0.4, -0.2) is 17.8 Å². The Bertz CT molecular complexity index is 795. The largest absolute Gasteiger partial charge is 1.00 e. The minimum atomic E-state index is -1.55. The molecule has 4 heteroatoms. The zero-order valence-electron chi connectivity index (χ0n) is 23.5. The zero-order valence-corrected chi connectivity index (χ0v) is 27.5. The van der Waals surface area contributed by atoms with Crippen LogP contribution in [0.25, 0.3) is 0 Å². The molecule has 0 aromatic heterocycles. The number of carbonyl (C=O) groups is 1. The highest BCUT2D eigenvalue weighted by Gasteiger charge is 2.43. The second-order valence-corrected chi connectivity index (χ2v) is 12.5. The Morgan fingerprint density at radius 3 is 1.02 bits per heavy atom. The lowest BCUT2D eigenvalue weighted by molar-refractivity contribution is -0.107. The van der Waals surface area contributed by atoms with E-state index in [1.54, 1.807) is 0 Å². The molecule has 0 heterocycles. The van der Waals surface area contributed by atoms with Crippen molar-refractivity contribution >= 4 is 45.4 Å². The summed E-state index contributed by atoms with van der Waals surface area (Å²) in [6, 6.07) is 33.2. The highest BCUT2D eigenvalue weighted by Crippen LogP contribution is 2.55. The molecule has 3 aromatic rings. The van der Waals surface area contributed by atoms with E-state index < -0.39 is 7.26 Å². The molecule has 0 unspecified atom stereocenters. The van der Waals surface area contributed by atoms with Crippen molar-refractivity contribution < 1.29 is 21.8 Å². The number of hydrogen-bond acceptors (Lipinski definition) is 1. The third-order valence-electron chi connectivity index (χ3n) is 5.14. The van der Waals surface area contributed by atoms with Crippen molar-refractivity contribution in [2.24, 2.45) is 0 Å². The smallest absolute Gasteiger partial charge is 0.119 e. The van der Waals surface area contributed by atoms with Gasteiger partial charge in [0, 0.05) is 11.8 Å². The SMILES string of the molecule is C.C.C.CC/C=C\CC.CCC=O.CCCBr.CCC[P+](c1ccccc1)(c1ccccc1)c1ccccc1.[Br-]. The topological polar surface area (TPSA) is 17.1 Å². The molecule has 0 bridgehead atoms. The zero-order chi connectivity index (χ0) is 26.9. The number of carbonyl (C=O) groups excluding carboxylic acids is 1. The lowest BCUT2D eigenvalue weighted by atomic mass is 10.4. The van der Waals surface area contributed by atoms with Gasteiger partial charge in [0.1, 0.15) is 29.5 Å². The second kappa shape index (κ2) is 33.7. The Morgan fingerprint density at radius 2 is 0.850 bits per heavy atom. The van der Waals surface area contributed by atoms with Gasteiger partial charge in [-0.2, -0.15) is 0 Å². The molecular formula is C36H59Br2OP. The van der Waals surface area contributed by atoms with E-state index in [0.717, 1.165) is 11.6 Å². The van der Waals surface area contributed by atoms with E-state index in [4.69, 9.17) is 0 Å². The van der Waals surface area contributed by atoms with Gasteiger partial charge in [-0.3, -0.25) is 0 Å². The molecule has 0 aliphatic heterocycles.